The fraction of sp³-hybridized carbons (Fsp3) is 0.571. The Balaban J connectivity index is 0.00000433. The quantitative estimate of drug-likeness (QED) is 0.206. The summed E-state index contributed by atoms with van der Waals surface area (Å²) in [5.74, 6) is 2.34. The Bertz CT molecular complexity index is 1490. The average molecular weight is 670 g/mol. The Morgan fingerprint density at radius 3 is 2.68 bits per heavy atom. The van der Waals surface area contributed by atoms with E-state index in [-0.39, 0.29) is 36.1 Å². The van der Waals surface area contributed by atoms with Crippen LogP contribution in [-0.4, -0.2) is 92.7 Å². The number of likely N-dealkylation sites (tertiary alicyclic amines) is 1. The van der Waals surface area contributed by atoms with E-state index in [9.17, 15) is 14.4 Å². The van der Waals surface area contributed by atoms with Crippen molar-refractivity contribution in [3.63, 3.8) is 0 Å². The zero-order chi connectivity index (χ0) is 32.6. The van der Waals surface area contributed by atoms with Gasteiger partial charge in [0.15, 0.2) is 23.4 Å². The van der Waals surface area contributed by atoms with Crippen LogP contribution in [0.25, 0.3) is 0 Å². The zero-order valence-corrected chi connectivity index (χ0v) is 28.4. The van der Waals surface area contributed by atoms with Crippen LogP contribution in [0.2, 0.25) is 0 Å². The largest absolute Gasteiger partial charge is 1.00 e. The van der Waals surface area contributed by atoms with Crippen LogP contribution >= 0.6 is 0 Å². The first-order chi connectivity index (χ1) is 22.1. The van der Waals surface area contributed by atoms with Crippen molar-refractivity contribution in [2.45, 2.75) is 75.1 Å². The molecule has 2 fully saturated rings. The number of benzene rings is 2. The highest BCUT2D eigenvalue weighted by Crippen LogP contribution is 2.64. The molecule has 6 rings (SSSR count). The van der Waals surface area contributed by atoms with Crippen molar-refractivity contribution in [1.82, 2.24) is 10.2 Å². The minimum atomic E-state index is -0.579. The topological polar surface area (TPSA) is 146 Å². The monoisotopic (exact) mass is 669 g/mol. The number of halogens is 1. The van der Waals surface area contributed by atoms with E-state index in [4.69, 9.17) is 25.7 Å². The van der Waals surface area contributed by atoms with Gasteiger partial charge in [0, 0.05) is 56.4 Å². The normalized spacial score (nSPS) is 27.1. The first kappa shape index (κ1) is 34.9. The number of nitrogens with zero attached hydrogens (tertiary/aromatic N) is 2. The molecule has 2 aromatic rings. The van der Waals surface area contributed by atoms with E-state index in [0.717, 1.165) is 61.2 Å². The van der Waals surface area contributed by atoms with Crippen molar-refractivity contribution in [3.8, 4) is 17.2 Å². The maximum absolute atomic E-state index is 13.2. The molecule has 2 bridgehead atoms. The smallest absolute Gasteiger partial charge is 0.415 e. The number of ketones is 1. The lowest BCUT2D eigenvalue weighted by molar-refractivity contribution is -0.957. The van der Waals surface area contributed by atoms with Gasteiger partial charge in [-0.05, 0) is 61.7 Å². The van der Waals surface area contributed by atoms with Crippen molar-refractivity contribution < 1.29 is 45.5 Å². The number of piperidine rings is 1. The Morgan fingerprint density at radius 2 is 1.96 bits per heavy atom. The Labute approximate surface area is 283 Å². The van der Waals surface area contributed by atoms with Gasteiger partial charge in [-0.3, -0.25) is 9.59 Å². The number of carbonyl (C=O) groups excluding carboxylic acids is 3. The van der Waals surface area contributed by atoms with Crippen molar-refractivity contribution in [2.24, 2.45) is 17.4 Å². The number of nitrogens with two attached hydrogens (primary N) is 2. The third kappa shape index (κ3) is 6.30. The van der Waals surface area contributed by atoms with E-state index in [1.54, 1.807) is 14.2 Å². The molecule has 0 aromatic heterocycles. The first-order valence-corrected chi connectivity index (χ1v) is 16.6. The number of quaternary nitrogens is 1. The maximum Gasteiger partial charge on any atom is 0.415 e. The molecule has 1 unspecified atom stereocenters. The third-order valence-electron chi connectivity index (χ3n) is 11.0. The van der Waals surface area contributed by atoms with Crippen LogP contribution in [0.3, 0.4) is 0 Å². The van der Waals surface area contributed by atoms with Crippen molar-refractivity contribution >= 4 is 17.8 Å². The highest BCUT2D eigenvalue weighted by molar-refractivity contribution is 5.89. The lowest BCUT2D eigenvalue weighted by Crippen LogP contribution is -3.00. The number of methoxy groups -OCH3 is 1. The summed E-state index contributed by atoms with van der Waals surface area (Å²) in [5.41, 5.74) is 14.9. The summed E-state index contributed by atoms with van der Waals surface area (Å²) < 4.78 is 18.6. The van der Waals surface area contributed by atoms with Gasteiger partial charge in [-0.2, -0.15) is 0 Å². The van der Waals surface area contributed by atoms with Crippen LogP contribution in [0.1, 0.15) is 55.2 Å². The summed E-state index contributed by atoms with van der Waals surface area (Å²) in [6.07, 6.45) is 4.61. The number of unbranched alkanes of at least 4 members (excludes halogenated alkanes) is 1. The molecule has 5 N–H and O–H groups in total. The molecule has 2 heterocycles. The fourth-order valence-corrected chi connectivity index (χ4v) is 8.61. The van der Waals surface area contributed by atoms with E-state index >= 15 is 0 Å². The Hall–Kier alpha value is -3.38. The van der Waals surface area contributed by atoms with Crippen LogP contribution in [0.5, 0.6) is 17.2 Å². The Kier molecular flexibility index (Phi) is 10.4. The molecule has 4 aliphatic rings. The molecule has 1 spiro atoms. The van der Waals surface area contributed by atoms with E-state index in [0.29, 0.717) is 43.6 Å². The average Bonchev–Trinajstić information content (AvgIpc) is 3.41. The molecule has 6 atom stereocenters. The van der Waals surface area contributed by atoms with E-state index in [1.165, 1.54) is 21.6 Å². The van der Waals surface area contributed by atoms with E-state index in [2.05, 4.69) is 18.4 Å². The number of hydrogen-bond acceptors (Lipinski definition) is 8. The molecule has 47 heavy (non-hydrogen) atoms. The molecule has 2 aliphatic heterocycles. The molecular weight excluding hydrogens is 622 g/mol. The summed E-state index contributed by atoms with van der Waals surface area (Å²) in [6, 6.07) is 11.7. The van der Waals surface area contributed by atoms with Crippen LogP contribution in [0.4, 0.5) is 4.79 Å². The van der Waals surface area contributed by atoms with Gasteiger partial charge in [-0.25, -0.2) is 4.79 Å². The summed E-state index contributed by atoms with van der Waals surface area (Å²) >= 11 is 0. The third-order valence-corrected chi connectivity index (χ3v) is 11.0. The molecule has 1 saturated heterocycles. The molecule has 2 amide bonds. The number of amides is 2. The fourth-order valence-electron chi connectivity index (χ4n) is 8.61. The lowest BCUT2D eigenvalue weighted by atomic mass is 9.51. The lowest BCUT2D eigenvalue weighted by Gasteiger charge is -2.60. The summed E-state index contributed by atoms with van der Waals surface area (Å²) in [5, 5.41) is 2.78. The van der Waals surface area contributed by atoms with Gasteiger partial charge < -0.3 is 52.8 Å². The second kappa shape index (κ2) is 14.0. The predicted molar refractivity (Wildman–Crippen MR) is 173 cm³/mol. The second-order valence-electron chi connectivity index (χ2n) is 13.8. The summed E-state index contributed by atoms with van der Waals surface area (Å²) in [7, 11) is 5.65. The molecule has 11 nitrogen and oxygen atoms in total. The maximum atomic E-state index is 13.2. The van der Waals surface area contributed by atoms with Gasteiger partial charge in [0.05, 0.1) is 38.2 Å². The van der Waals surface area contributed by atoms with E-state index < -0.39 is 18.2 Å². The standard InChI is InChI=1S/C35H47N5O6.ClH/c1-39(18-17-38-33(42)26(37)6-4-5-16-36)34(43)45-24-10-7-22(8-11-24)21-40(2)19-15-35-25-12-13-28(41)32(35)46-31-29(44-3)14-9-23(30(31)35)20-27(25)40;/h7-11,14,25-27,32H,4-6,12-13,15-21,36-37H2,1-3H3;1H/t25-,26-,27?,32-,35-,40+;/m0./s1. The molecule has 256 valence electrons. The molecule has 12 heteroatoms. The minimum Gasteiger partial charge on any atom is -1.00 e. The van der Waals surface area contributed by atoms with E-state index in [1.807, 2.05) is 30.3 Å². The van der Waals surface area contributed by atoms with Crippen molar-refractivity contribution in [3.05, 3.63) is 53.1 Å². The summed E-state index contributed by atoms with van der Waals surface area (Å²) in [6.45, 7) is 2.96. The molecular formula is C35H48ClN5O6. The second-order valence-corrected chi connectivity index (χ2v) is 13.8. The molecule has 2 aliphatic carbocycles. The predicted octanol–water partition coefficient (Wildman–Crippen LogP) is -0.345. The molecule has 0 radical (unpaired) electrons. The highest BCUT2D eigenvalue weighted by atomic mass is 35.5. The SMILES string of the molecule is COc1ccc2c3c1O[C@H]1C(=O)CC[C@H]4C(C2)[N@@+](C)(Cc2ccc(OC(=O)N(C)CCNC(=O)[C@@H](N)CCCCN)cc2)CC[C@]314.[Cl-]. The number of rotatable bonds is 12. The summed E-state index contributed by atoms with van der Waals surface area (Å²) in [4.78, 5) is 39.6. The number of likely N-dealkylation sites (N-methyl/N-ethyl adjacent to an activating group) is 2. The van der Waals surface area contributed by atoms with Crippen LogP contribution in [0.15, 0.2) is 36.4 Å². The first-order valence-electron chi connectivity index (χ1n) is 16.6. The van der Waals surface area contributed by atoms with Gasteiger partial charge in [0.1, 0.15) is 12.3 Å². The minimum absolute atomic E-state index is 0. The van der Waals surface area contributed by atoms with Crippen molar-refractivity contribution in [2.75, 3.05) is 47.4 Å². The number of carbonyl (C=O) groups is 3. The van der Waals surface area contributed by atoms with Gasteiger partial charge in [-0.15, -0.1) is 0 Å². The number of Topliss-reactive ketones (excluding diaryl/α,β-unsaturated/α-hetero) is 1. The number of nitrogens with one attached hydrogen (secondary N) is 1. The zero-order valence-electron chi connectivity index (χ0n) is 27.6. The van der Waals surface area contributed by atoms with Gasteiger partial charge in [-0.1, -0.05) is 12.5 Å². The van der Waals surface area contributed by atoms with Crippen LogP contribution in [-0.2, 0) is 28.0 Å². The number of hydrogen-bond donors (Lipinski definition) is 3. The highest BCUT2D eigenvalue weighted by Gasteiger charge is 2.69. The Morgan fingerprint density at radius 1 is 1.19 bits per heavy atom. The van der Waals surface area contributed by atoms with Crippen LogP contribution < -0.4 is 43.4 Å². The van der Waals surface area contributed by atoms with Crippen LogP contribution in [0, 0.1) is 5.92 Å². The van der Waals surface area contributed by atoms with Gasteiger partial charge in [0.2, 0.25) is 5.91 Å². The molecule has 1 saturated carbocycles. The van der Waals surface area contributed by atoms with Gasteiger partial charge >= 0.3 is 6.09 Å². The van der Waals surface area contributed by atoms with Gasteiger partial charge in [0.25, 0.3) is 0 Å². The van der Waals surface area contributed by atoms with Crippen molar-refractivity contribution in [1.29, 1.82) is 0 Å². The molecule has 2 aromatic carbocycles. The number of ether oxygens (including phenoxy) is 3.